The number of nitrogens with one attached hydrogen (secondary N) is 2. The molecule has 2 aromatic carbocycles. The van der Waals surface area contributed by atoms with Gasteiger partial charge in [-0.05, 0) is 50.1 Å². The van der Waals surface area contributed by atoms with E-state index < -0.39 is 11.9 Å². The Labute approximate surface area is 140 Å². The fourth-order valence-corrected chi connectivity index (χ4v) is 2.66. The van der Waals surface area contributed by atoms with Crippen molar-refractivity contribution in [3.8, 4) is 0 Å². The second-order valence-corrected chi connectivity index (χ2v) is 5.99. The first-order valence-electron chi connectivity index (χ1n) is 7.46. The van der Waals surface area contributed by atoms with Crippen molar-refractivity contribution in [3.05, 3.63) is 64.4 Å². The van der Waals surface area contributed by atoms with Crippen LogP contribution in [0.15, 0.2) is 42.5 Å². The molecule has 0 aromatic heterocycles. The lowest BCUT2D eigenvalue weighted by Crippen LogP contribution is -2.39. The molecule has 0 aliphatic carbocycles. The van der Waals surface area contributed by atoms with E-state index in [0.29, 0.717) is 5.69 Å². The summed E-state index contributed by atoms with van der Waals surface area (Å²) in [4.78, 5) is 12.3. The number of halogens is 2. The quantitative estimate of drug-likeness (QED) is 0.847. The van der Waals surface area contributed by atoms with Crippen molar-refractivity contribution in [2.45, 2.75) is 32.9 Å². The molecule has 2 atom stereocenters. The summed E-state index contributed by atoms with van der Waals surface area (Å²) >= 11 is 5.93. The molecule has 1 amide bonds. The highest BCUT2D eigenvalue weighted by Crippen LogP contribution is 2.23. The van der Waals surface area contributed by atoms with Gasteiger partial charge in [-0.25, -0.2) is 4.39 Å². The Balaban J connectivity index is 2.01. The number of hydrogen-bond donors (Lipinski definition) is 2. The number of aryl methyl sites for hydroxylation is 1. The topological polar surface area (TPSA) is 41.1 Å². The first-order valence-corrected chi connectivity index (χ1v) is 7.83. The summed E-state index contributed by atoms with van der Waals surface area (Å²) in [5.74, 6) is -0.661. The minimum Gasteiger partial charge on any atom is -0.323 e. The van der Waals surface area contributed by atoms with E-state index >= 15 is 0 Å². The van der Waals surface area contributed by atoms with Crippen molar-refractivity contribution in [3.63, 3.8) is 0 Å². The molecule has 2 rings (SSSR count). The van der Waals surface area contributed by atoms with Crippen LogP contribution in [0, 0.1) is 12.7 Å². The van der Waals surface area contributed by atoms with Gasteiger partial charge in [0.15, 0.2) is 0 Å². The van der Waals surface area contributed by atoms with Crippen LogP contribution in [-0.4, -0.2) is 11.9 Å². The van der Waals surface area contributed by atoms with Crippen LogP contribution in [0.3, 0.4) is 0 Å². The van der Waals surface area contributed by atoms with Crippen LogP contribution in [-0.2, 0) is 4.79 Å². The lowest BCUT2D eigenvalue weighted by Gasteiger charge is -2.21. The lowest BCUT2D eigenvalue weighted by molar-refractivity contribution is -0.117. The third-order valence-corrected chi connectivity index (χ3v) is 4.05. The number of benzene rings is 2. The van der Waals surface area contributed by atoms with Gasteiger partial charge in [-0.15, -0.1) is 0 Å². The van der Waals surface area contributed by atoms with Crippen LogP contribution in [0.1, 0.15) is 31.0 Å². The normalized spacial score (nSPS) is 13.4. The van der Waals surface area contributed by atoms with Crippen LogP contribution >= 0.6 is 11.6 Å². The van der Waals surface area contributed by atoms with Crippen molar-refractivity contribution in [1.29, 1.82) is 0 Å². The Bertz CT molecular complexity index is 705. The van der Waals surface area contributed by atoms with E-state index in [0.717, 1.165) is 5.56 Å². The number of anilines is 1. The number of rotatable bonds is 5. The average Bonchev–Trinajstić information content (AvgIpc) is 2.50. The zero-order valence-corrected chi connectivity index (χ0v) is 14.1. The minimum absolute atomic E-state index is 0.0284. The van der Waals surface area contributed by atoms with Crippen molar-refractivity contribution >= 4 is 23.2 Å². The Morgan fingerprint density at radius 1 is 1.17 bits per heavy atom. The predicted octanol–water partition coefficient (Wildman–Crippen LogP) is 4.47. The molecule has 0 saturated heterocycles. The number of hydrogen-bond acceptors (Lipinski definition) is 2. The third-order valence-electron chi connectivity index (χ3n) is 3.74. The summed E-state index contributed by atoms with van der Waals surface area (Å²) in [6, 6.07) is 11.5. The maximum Gasteiger partial charge on any atom is 0.241 e. The molecular formula is C18H20ClFN2O. The highest BCUT2D eigenvalue weighted by molar-refractivity contribution is 6.33. The summed E-state index contributed by atoms with van der Waals surface area (Å²) in [6.45, 7) is 5.83. The predicted molar refractivity (Wildman–Crippen MR) is 92.2 cm³/mol. The first kappa shape index (κ1) is 17.4. The first-order chi connectivity index (χ1) is 10.9. The Morgan fingerprint density at radius 3 is 2.52 bits per heavy atom. The zero-order valence-electron chi connectivity index (χ0n) is 13.4. The molecule has 5 heteroatoms. The molecule has 0 bridgehead atoms. The van der Waals surface area contributed by atoms with E-state index in [1.54, 1.807) is 6.92 Å². The summed E-state index contributed by atoms with van der Waals surface area (Å²) in [5, 5.41) is 6.15. The molecule has 3 nitrogen and oxygen atoms in total. The van der Waals surface area contributed by atoms with E-state index in [1.807, 2.05) is 38.1 Å². The SMILES string of the molecule is Cc1ccccc1[C@@H](C)N[C@H](C)C(=O)Nc1ccc(F)cc1Cl. The minimum atomic E-state index is -0.438. The van der Waals surface area contributed by atoms with Gasteiger partial charge < -0.3 is 5.32 Å². The highest BCUT2D eigenvalue weighted by atomic mass is 35.5. The van der Waals surface area contributed by atoms with Crippen LogP contribution in [0.25, 0.3) is 0 Å². The lowest BCUT2D eigenvalue weighted by atomic mass is 10.0. The maximum atomic E-state index is 13.0. The van der Waals surface area contributed by atoms with Gasteiger partial charge in [-0.2, -0.15) is 0 Å². The molecule has 0 radical (unpaired) electrons. The molecule has 0 aliphatic heterocycles. The standard InChI is InChI=1S/C18H20ClFN2O/c1-11-6-4-5-7-15(11)12(2)21-13(3)18(23)22-17-9-8-14(20)10-16(17)19/h4-10,12-13,21H,1-3H3,(H,22,23)/t12-,13-/m1/s1. The van der Waals surface area contributed by atoms with Gasteiger partial charge in [0, 0.05) is 6.04 Å². The number of carbonyl (C=O) groups is 1. The average molecular weight is 335 g/mol. The summed E-state index contributed by atoms with van der Waals surface area (Å²) in [5.41, 5.74) is 2.71. The maximum absolute atomic E-state index is 13.0. The van der Waals surface area contributed by atoms with E-state index in [1.165, 1.54) is 23.8 Å². The molecule has 0 saturated carbocycles. The zero-order chi connectivity index (χ0) is 17.0. The monoisotopic (exact) mass is 334 g/mol. The molecule has 2 aromatic rings. The van der Waals surface area contributed by atoms with Crippen LogP contribution in [0.5, 0.6) is 0 Å². The summed E-state index contributed by atoms with van der Waals surface area (Å²) in [6.07, 6.45) is 0. The van der Waals surface area contributed by atoms with Gasteiger partial charge in [-0.1, -0.05) is 35.9 Å². The van der Waals surface area contributed by atoms with E-state index in [-0.39, 0.29) is 17.0 Å². The van der Waals surface area contributed by atoms with E-state index in [4.69, 9.17) is 11.6 Å². The van der Waals surface area contributed by atoms with Gasteiger partial charge in [0.1, 0.15) is 5.82 Å². The molecule has 0 spiro atoms. The second kappa shape index (κ2) is 7.57. The van der Waals surface area contributed by atoms with Gasteiger partial charge in [-0.3, -0.25) is 10.1 Å². The van der Waals surface area contributed by atoms with Crippen LogP contribution in [0.2, 0.25) is 5.02 Å². The Morgan fingerprint density at radius 2 is 1.87 bits per heavy atom. The van der Waals surface area contributed by atoms with Crippen molar-refractivity contribution in [2.24, 2.45) is 0 Å². The van der Waals surface area contributed by atoms with Gasteiger partial charge in [0.05, 0.1) is 16.8 Å². The van der Waals surface area contributed by atoms with Crippen LogP contribution in [0.4, 0.5) is 10.1 Å². The number of carbonyl (C=O) groups excluding carboxylic acids is 1. The molecular weight excluding hydrogens is 315 g/mol. The third kappa shape index (κ3) is 4.53. The molecule has 0 aliphatic rings. The molecule has 2 N–H and O–H groups in total. The molecule has 0 unspecified atom stereocenters. The fourth-order valence-electron chi connectivity index (χ4n) is 2.44. The Kier molecular flexibility index (Phi) is 5.74. The van der Waals surface area contributed by atoms with Crippen molar-refractivity contribution in [1.82, 2.24) is 5.32 Å². The second-order valence-electron chi connectivity index (χ2n) is 5.58. The van der Waals surface area contributed by atoms with Crippen LogP contribution < -0.4 is 10.6 Å². The van der Waals surface area contributed by atoms with Crippen molar-refractivity contribution < 1.29 is 9.18 Å². The number of amides is 1. The summed E-state index contributed by atoms with van der Waals surface area (Å²) < 4.78 is 13.0. The fraction of sp³-hybridized carbons (Fsp3) is 0.278. The highest BCUT2D eigenvalue weighted by Gasteiger charge is 2.18. The van der Waals surface area contributed by atoms with Gasteiger partial charge in [0.25, 0.3) is 0 Å². The van der Waals surface area contributed by atoms with Gasteiger partial charge in [0.2, 0.25) is 5.91 Å². The molecule has 23 heavy (non-hydrogen) atoms. The smallest absolute Gasteiger partial charge is 0.241 e. The van der Waals surface area contributed by atoms with Gasteiger partial charge >= 0.3 is 0 Å². The molecule has 0 heterocycles. The van der Waals surface area contributed by atoms with E-state index in [9.17, 15) is 9.18 Å². The largest absolute Gasteiger partial charge is 0.323 e. The molecule has 0 fully saturated rings. The summed E-state index contributed by atoms with van der Waals surface area (Å²) in [7, 11) is 0. The van der Waals surface area contributed by atoms with E-state index in [2.05, 4.69) is 10.6 Å². The molecule has 122 valence electrons. The van der Waals surface area contributed by atoms with Crippen molar-refractivity contribution in [2.75, 3.05) is 5.32 Å². The Hall–Kier alpha value is -1.91.